The van der Waals surface area contributed by atoms with Crippen molar-refractivity contribution in [3.05, 3.63) is 73.1 Å². The molecule has 0 atom stereocenters. The van der Waals surface area contributed by atoms with Crippen molar-refractivity contribution in [3.63, 3.8) is 0 Å². The molecule has 3 rings (SSSR count). The summed E-state index contributed by atoms with van der Waals surface area (Å²) >= 11 is 0. The normalized spacial score (nSPS) is 10.5. The highest BCUT2D eigenvalue weighted by Gasteiger charge is 2.14. The van der Waals surface area contributed by atoms with Crippen LogP contribution in [-0.2, 0) is 13.1 Å². The monoisotopic (exact) mass is 379 g/mol. The molecule has 0 unspecified atom stereocenters. The van der Waals surface area contributed by atoms with E-state index in [4.69, 9.17) is 4.74 Å². The molecule has 0 aliphatic carbocycles. The van der Waals surface area contributed by atoms with Gasteiger partial charge >= 0.3 is 6.03 Å². The molecule has 3 aromatic rings. The van der Waals surface area contributed by atoms with Crippen LogP contribution in [-0.4, -0.2) is 38.6 Å². The van der Waals surface area contributed by atoms with Crippen molar-refractivity contribution in [3.8, 4) is 5.75 Å². The van der Waals surface area contributed by atoms with Crippen LogP contribution in [0, 0.1) is 0 Å². The SMILES string of the molecule is CCOc1ccc(CN(CCCn2ccnc2)C(=O)Nc2ccncc2)cc1. The van der Waals surface area contributed by atoms with E-state index in [-0.39, 0.29) is 6.03 Å². The molecule has 0 saturated carbocycles. The largest absolute Gasteiger partial charge is 0.494 e. The Kier molecular flexibility index (Phi) is 7.01. The molecule has 28 heavy (non-hydrogen) atoms. The van der Waals surface area contributed by atoms with Crippen LogP contribution in [0.3, 0.4) is 0 Å². The minimum Gasteiger partial charge on any atom is -0.494 e. The summed E-state index contributed by atoms with van der Waals surface area (Å²) in [7, 11) is 0. The fraction of sp³-hybridized carbons (Fsp3) is 0.286. The molecule has 1 N–H and O–H groups in total. The number of hydrogen-bond acceptors (Lipinski definition) is 4. The van der Waals surface area contributed by atoms with Gasteiger partial charge in [0.25, 0.3) is 0 Å². The first-order valence-corrected chi connectivity index (χ1v) is 9.38. The van der Waals surface area contributed by atoms with Gasteiger partial charge in [-0.25, -0.2) is 9.78 Å². The fourth-order valence-corrected chi connectivity index (χ4v) is 2.83. The quantitative estimate of drug-likeness (QED) is 0.614. The summed E-state index contributed by atoms with van der Waals surface area (Å²) in [5.74, 6) is 0.833. The maximum absolute atomic E-state index is 12.8. The Bertz CT molecular complexity index is 835. The zero-order valence-electron chi connectivity index (χ0n) is 16.0. The predicted octanol–water partition coefficient (Wildman–Crippen LogP) is 3.80. The van der Waals surface area contributed by atoms with Crippen LogP contribution in [0.15, 0.2) is 67.5 Å². The van der Waals surface area contributed by atoms with E-state index in [0.29, 0.717) is 19.7 Å². The smallest absolute Gasteiger partial charge is 0.322 e. The Balaban J connectivity index is 1.64. The van der Waals surface area contributed by atoms with Gasteiger partial charge in [-0.05, 0) is 43.2 Å². The zero-order valence-corrected chi connectivity index (χ0v) is 16.0. The second-order valence-electron chi connectivity index (χ2n) is 6.32. The molecular formula is C21H25N5O2. The molecule has 1 aromatic carbocycles. The van der Waals surface area contributed by atoms with Gasteiger partial charge in [-0.3, -0.25) is 4.98 Å². The summed E-state index contributed by atoms with van der Waals surface area (Å²) in [5.41, 5.74) is 1.78. The van der Waals surface area contributed by atoms with E-state index in [9.17, 15) is 4.79 Å². The maximum Gasteiger partial charge on any atom is 0.322 e. The van der Waals surface area contributed by atoms with E-state index in [1.807, 2.05) is 46.9 Å². The summed E-state index contributed by atoms with van der Waals surface area (Å²) in [6.07, 6.45) is 9.61. The van der Waals surface area contributed by atoms with Crippen LogP contribution in [0.4, 0.5) is 10.5 Å². The van der Waals surface area contributed by atoms with Crippen molar-refractivity contribution in [1.29, 1.82) is 0 Å². The van der Waals surface area contributed by atoms with E-state index in [1.54, 1.807) is 37.1 Å². The van der Waals surface area contributed by atoms with E-state index < -0.39 is 0 Å². The van der Waals surface area contributed by atoms with Crippen LogP contribution >= 0.6 is 0 Å². The topological polar surface area (TPSA) is 72.3 Å². The minimum absolute atomic E-state index is 0.134. The highest BCUT2D eigenvalue weighted by molar-refractivity contribution is 5.89. The Morgan fingerprint density at radius 2 is 1.89 bits per heavy atom. The third kappa shape index (κ3) is 5.84. The first-order valence-electron chi connectivity index (χ1n) is 9.38. The number of carbonyl (C=O) groups excluding carboxylic acids is 1. The molecule has 7 nitrogen and oxygen atoms in total. The van der Waals surface area contributed by atoms with Gasteiger partial charge in [-0.15, -0.1) is 0 Å². The number of imidazole rings is 1. The van der Waals surface area contributed by atoms with Crippen LogP contribution in [0.2, 0.25) is 0 Å². The molecule has 0 fully saturated rings. The molecule has 2 amide bonds. The van der Waals surface area contributed by atoms with Crippen LogP contribution in [0.1, 0.15) is 18.9 Å². The van der Waals surface area contributed by atoms with Crippen LogP contribution in [0.25, 0.3) is 0 Å². The van der Waals surface area contributed by atoms with Gasteiger partial charge in [0.05, 0.1) is 12.9 Å². The maximum atomic E-state index is 12.8. The number of carbonyl (C=O) groups is 1. The number of aryl methyl sites for hydroxylation is 1. The first-order chi connectivity index (χ1) is 13.7. The van der Waals surface area contributed by atoms with Gasteiger partial charge in [0.2, 0.25) is 0 Å². The summed E-state index contributed by atoms with van der Waals surface area (Å²) in [6.45, 7) is 4.55. The Labute approximate surface area is 165 Å². The number of benzene rings is 1. The lowest BCUT2D eigenvalue weighted by Crippen LogP contribution is -2.35. The minimum atomic E-state index is -0.134. The third-order valence-electron chi connectivity index (χ3n) is 4.23. The van der Waals surface area contributed by atoms with Crippen molar-refractivity contribution in [2.24, 2.45) is 0 Å². The lowest BCUT2D eigenvalue weighted by atomic mass is 10.2. The number of urea groups is 1. The summed E-state index contributed by atoms with van der Waals surface area (Å²) in [4.78, 5) is 22.7. The second-order valence-corrected chi connectivity index (χ2v) is 6.32. The summed E-state index contributed by atoms with van der Waals surface area (Å²) in [5, 5.41) is 2.94. The van der Waals surface area contributed by atoms with Gasteiger partial charge in [-0.2, -0.15) is 0 Å². The standard InChI is InChI=1S/C21H25N5O2/c1-2-28-20-6-4-18(5-7-20)16-26(14-3-13-25-15-12-23-17-25)21(27)24-19-8-10-22-11-9-19/h4-12,15,17H,2-3,13-14,16H2,1H3,(H,22,24,27). The molecule has 0 spiro atoms. The number of nitrogens with zero attached hydrogens (tertiary/aromatic N) is 4. The molecule has 7 heteroatoms. The number of amides is 2. The third-order valence-corrected chi connectivity index (χ3v) is 4.23. The van der Waals surface area contributed by atoms with E-state index >= 15 is 0 Å². The lowest BCUT2D eigenvalue weighted by molar-refractivity contribution is 0.207. The van der Waals surface area contributed by atoms with Crippen molar-refractivity contribution in [2.75, 3.05) is 18.5 Å². The molecule has 0 aliphatic rings. The van der Waals surface area contributed by atoms with E-state index in [0.717, 1.165) is 30.0 Å². The van der Waals surface area contributed by atoms with Crippen LogP contribution < -0.4 is 10.1 Å². The second kappa shape index (κ2) is 10.1. The van der Waals surface area contributed by atoms with E-state index in [1.165, 1.54) is 0 Å². The zero-order chi connectivity index (χ0) is 19.6. The molecule has 2 aromatic heterocycles. The predicted molar refractivity (Wildman–Crippen MR) is 108 cm³/mol. The number of aromatic nitrogens is 3. The fourth-order valence-electron chi connectivity index (χ4n) is 2.83. The Hall–Kier alpha value is -3.35. The van der Waals surface area contributed by atoms with Gasteiger partial charge in [0, 0.05) is 50.1 Å². The lowest BCUT2D eigenvalue weighted by Gasteiger charge is -2.23. The number of pyridine rings is 1. The number of rotatable bonds is 9. The number of hydrogen-bond donors (Lipinski definition) is 1. The molecule has 0 bridgehead atoms. The average Bonchev–Trinajstić information content (AvgIpc) is 3.23. The van der Waals surface area contributed by atoms with Gasteiger partial charge in [0.15, 0.2) is 0 Å². The molecule has 0 radical (unpaired) electrons. The van der Waals surface area contributed by atoms with Crippen molar-refractivity contribution in [2.45, 2.75) is 26.4 Å². The molecule has 0 saturated heterocycles. The number of anilines is 1. The first kappa shape index (κ1) is 19.4. The van der Waals surface area contributed by atoms with Crippen LogP contribution in [0.5, 0.6) is 5.75 Å². The number of nitrogens with one attached hydrogen (secondary N) is 1. The highest BCUT2D eigenvalue weighted by Crippen LogP contribution is 2.15. The Morgan fingerprint density at radius 3 is 2.57 bits per heavy atom. The summed E-state index contributed by atoms with van der Waals surface area (Å²) < 4.78 is 7.50. The van der Waals surface area contributed by atoms with Crippen molar-refractivity contribution in [1.82, 2.24) is 19.4 Å². The molecule has 146 valence electrons. The highest BCUT2D eigenvalue weighted by atomic mass is 16.5. The molecule has 0 aliphatic heterocycles. The summed E-state index contributed by atoms with van der Waals surface area (Å²) in [6, 6.07) is 11.3. The van der Waals surface area contributed by atoms with Crippen molar-refractivity contribution < 1.29 is 9.53 Å². The van der Waals surface area contributed by atoms with Gasteiger partial charge in [-0.1, -0.05) is 12.1 Å². The molecule has 2 heterocycles. The Morgan fingerprint density at radius 1 is 1.11 bits per heavy atom. The van der Waals surface area contributed by atoms with Gasteiger partial charge in [0.1, 0.15) is 5.75 Å². The number of ether oxygens (including phenoxy) is 1. The average molecular weight is 379 g/mol. The van der Waals surface area contributed by atoms with Gasteiger partial charge < -0.3 is 19.5 Å². The van der Waals surface area contributed by atoms with Crippen molar-refractivity contribution >= 4 is 11.7 Å². The molecular weight excluding hydrogens is 354 g/mol. The van der Waals surface area contributed by atoms with E-state index in [2.05, 4.69) is 15.3 Å².